The summed E-state index contributed by atoms with van der Waals surface area (Å²) in [4.78, 5) is 23.5. The summed E-state index contributed by atoms with van der Waals surface area (Å²) in [5.41, 5.74) is 0.659. The number of amides is 1. The van der Waals surface area contributed by atoms with E-state index in [2.05, 4.69) is 29.2 Å². The van der Waals surface area contributed by atoms with Gasteiger partial charge in [0.15, 0.2) is 0 Å². The second-order valence-electron chi connectivity index (χ2n) is 4.94. The third kappa shape index (κ3) is 6.14. The molecule has 0 atom stereocenters. The van der Waals surface area contributed by atoms with Crippen LogP contribution in [-0.4, -0.2) is 31.6 Å². The Bertz CT molecular complexity index is 504. The first-order valence-corrected chi connectivity index (χ1v) is 7.23. The van der Waals surface area contributed by atoms with E-state index in [1.807, 2.05) is 0 Å². The van der Waals surface area contributed by atoms with Crippen LogP contribution in [0.2, 0.25) is 5.02 Å². The van der Waals surface area contributed by atoms with Crippen LogP contribution in [0.15, 0.2) is 18.2 Å². The Labute approximate surface area is 130 Å². The normalized spacial score (nSPS) is 10.5. The number of ether oxygens (including phenoxy) is 1. The van der Waals surface area contributed by atoms with E-state index in [1.165, 1.54) is 19.2 Å². The number of methoxy groups -OCH3 is 1. The second kappa shape index (κ2) is 8.64. The molecule has 6 heteroatoms. The molecule has 1 rings (SSSR count). The zero-order valence-electron chi connectivity index (χ0n) is 12.5. The van der Waals surface area contributed by atoms with Crippen LogP contribution in [0.3, 0.4) is 0 Å². The molecule has 0 aliphatic rings. The summed E-state index contributed by atoms with van der Waals surface area (Å²) >= 11 is 5.90. The van der Waals surface area contributed by atoms with Gasteiger partial charge in [-0.3, -0.25) is 4.79 Å². The summed E-state index contributed by atoms with van der Waals surface area (Å²) in [6.07, 6.45) is 1.09. The van der Waals surface area contributed by atoms with Gasteiger partial charge < -0.3 is 15.4 Å². The topological polar surface area (TPSA) is 67.4 Å². The zero-order chi connectivity index (χ0) is 15.8. The quantitative estimate of drug-likeness (QED) is 0.600. The molecule has 2 N–H and O–H groups in total. The molecule has 0 saturated carbocycles. The lowest BCUT2D eigenvalue weighted by molar-refractivity contribution is -0.116. The van der Waals surface area contributed by atoms with Crippen molar-refractivity contribution in [2.45, 2.75) is 32.7 Å². The molecule has 0 aliphatic heterocycles. The highest BCUT2D eigenvalue weighted by molar-refractivity contribution is 6.31. The maximum Gasteiger partial charge on any atom is 0.339 e. The van der Waals surface area contributed by atoms with E-state index in [0.29, 0.717) is 23.2 Å². The molecule has 5 nitrogen and oxygen atoms in total. The van der Waals surface area contributed by atoms with E-state index in [1.54, 1.807) is 6.07 Å². The smallest absolute Gasteiger partial charge is 0.339 e. The highest BCUT2D eigenvalue weighted by Gasteiger charge is 2.14. The Balaban J connectivity index is 2.62. The first-order chi connectivity index (χ1) is 9.93. The average Bonchev–Trinajstić information content (AvgIpc) is 2.43. The predicted octanol–water partition coefficient (Wildman–Crippen LogP) is 2.84. The molecule has 1 aromatic rings. The molecule has 1 amide bonds. The van der Waals surface area contributed by atoms with Crippen molar-refractivity contribution >= 4 is 29.2 Å². The number of carbonyl (C=O) groups excluding carboxylic acids is 2. The third-order valence-electron chi connectivity index (χ3n) is 2.79. The van der Waals surface area contributed by atoms with Gasteiger partial charge in [-0.2, -0.15) is 0 Å². The van der Waals surface area contributed by atoms with Crippen molar-refractivity contribution in [3.63, 3.8) is 0 Å². The van der Waals surface area contributed by atoms with Gasteiger partial charge in [0.2, 0.25) is 5.91 Å². The molecule has 116 valence electrons. The standard InChI is InChI=1S/C15H21ClN2O3/c1-10(2)17-8-4-5-14(19)18-13-9-11(16)6-7-12(13)15(20)21-3/h6-7,9-10,17H,4-5,8H2,1-3H3,(H,18,19). The van der Waals surface area contributed by atoms with E-state index in [9.17, 15) is 9.59 Å². The summed E-state index contributed by atoms with van der Waals surface area (Å²) in [6, 6.07) is 5.05. The Hall–Kier alpha value is -1.59. The van der Waals surface area contributed by atoms with Gasteiger partial charge in [0.1, 0.15) is 0 Å². The SMILES string of the molecule is COC(=O)c1ccc(Cl)cc1NC(=O)CCCNC(C)C. The fourth-order valence-corrected chi connectivity index (χ4v) is 1.93. The Morgan fingerprint density at radius 2 is 2.05 bits per heavy atom. The van der Waals surface area contributed by atoms with Crippen LogP contribution < -0.4 is 10.6 Å². The summed E-state index contributed by atoms with van der Waals surface area (Å²) < 4.78 is 4.68. The molecule has 0 aromatic heterocycles. The molecule has 0 aliphatic carbocycles. The predicted molar refractivity (Wildman–Crippen MR) is 83.8 cm³/mol. The van der Waals surface area contributed by atoms with Gasteiger partial charge >= 0.3 is 5.97 Å². The van der Waals surface area contributed by atoms with Gasteiger partial charge in [-0.1, -0.05) is 25.4 Å². The number of carbonyl (C=O) groups is 2. The lowest BCUT2D eigenvalue weighted by Crippen LogP contribution is -2.25. The van der Waals surface area contributed by atoms with Gasteiger partial charge in [-0.05, 0) is 31.2 Å². The Morgan fingerprint density at radius 1 is 1.33 bits per heavy atom. The fourth-order valence-electron chi connectivity index (χ4n) is 1.76. The van der Waals surface area contributed by atoms with Crippen molar-refractivity contribution in [3.05, 3.63) is 28.8 Å². The molecule has 21 heavy (non-hydrogen) atoms. The molecule has 0 radical (unpaired) electrons. The minimum atomic E-state index is -0.511. The number of hydrogen-bond donors (Lipinski definition) is 2. The summed E-state index contributed by atoms with van der Waals surface area (Å²) in [7, 11) is 1.29. The van der Waals surface area contributed by atoms with E-state index in [0.717, 1.165) is 13.0 Å². The van der Waals surface area contributed by atoms with Crippen molar-refractivity contribution in [1.82, 2.24) is 5.32 Å². The molecular weight excluding hydrogens is 292 g/mol. The number of anilines is 1. The number of hydrogen-bond acceptors (Lipinski definition) is 4. The largest absolute Gasteiger partial charge is 0.465 e. The molecule has 0 heterocycles. The third-order valence-corrected chi connectivity index (χ3v) is 3.03. The van der Waals surface area contributed by atoms with Gasteiger partial charge in [0, 0.05) is 17.5 Å². The number of benzene rings is 1. The first kappa shape index (κ1) is 17.5. The monoisotopic (exact) mass is 312 g/mol. The second-order valence-corrected chi connectivity index (χ2v) is 5.38. The van der Waals surface area contributed by atoms with E-state index >= 15 is 0 Å². The van der Waals surface area contributed by atoms with Crippen LogP contribution >= 0.6 is 11.6 Å². The van der Waals surface area contributed by atoms with Gasteiger partial charge in [-0.25, -0.2) is 4.79 Å². The number of halogens is 1. The molecule has 1 aromatic carbocycles. The molecule has 0 spiro atoms. The van der Waals surface area contributed by atoms with Crippen LogP contribution in [0.4, 0.5) is 5.69 Å². The molecule has 0 saturated heterocycles. The Kier molecular flexibility index (Phi) is 7.19. The maximum atomic E-state index is 11.9. The molecule has 0 unspecified atom stereocenters. The molecular formula is C15H21ClN2O3. The lowest BCUT2D eigenvalue weighted by atomic mass is 10.1. The van der Waals surface area contributed by atoms with Gasteiger partial charge in [-0.15, -0.1) is 0 Å². The van der Waals surface area contributed by atoms with Crippen LogP contribution in [0, 0.1) is 0 Å². The zero-order valence-corrected chi connectivity index (χ0v) is 13.3. The summed E-state index contributed by atoms with van der Waals surface area (Å²) in [5.74, 6) is -0.670. The molecule has 0 fully saturated rings. The fraction of sp³-hybridized carbons (Fsp3) is 0.467. The maximum absolute atomic E-state index is 11.9. The molecule has 0 bridgehead atoms. The van der Waals surface area contributed by atoms with Crippen molar-refractivity contribution in [1.29, 1.82) is 0 Å². The van der Waals surface area contributed by atoms with Gasteiger partial charge in [0.05, 0.1) is 18.4 Å². The lowest BCUT2D eigenvalue weighted by Gasteiger charge is -2.11. The van der Waals surface area contributed by atoms with Crippen molar-refractivity contribution in [3.8, 4) is 0 Å². The van der Waals surface area contributed by atoms with Crippen LogP contribution in [0.25, 0.3) is 0 Å². The van der Waals surface area contributed by atoms with Crippen molar-refractivity contribution in [2.75, 3.05) is 19.0 Å². The summed E-state index contributed by atoms with van der Waals surface area (Å²) in [6.45, 7) is 4.87. The van der Waals surface area contributed by atoms with Gasteiger partial charge in [0.25, 0.3) is 0 Å². The minimum absolute atomic E-state index is 0.159. The number of esters is 1. The van der Waals surface area contributed by atoms with E-state index < -0.39 is 5.97 Å². The first-order valence-electron chi connectivity index (χ1n) is 6.85. The van der Waals surface area contributed by atoms with Crippen LogP contribution in [0.1, 0.15) is 37.0 Å². The number of rotatable bonds is 7. The van der Waals surface area contributed by atoms with Crippen LogP contribution in [-0.2, 0) is 9.53 Å². The van der Waals surface area contributed by atoms with Crippen molar-refractivity contribution in [2.24, 2.45) is 0 Å². The van der Waals surface area contributed by atoms with Crippen LogP contribution in [0.5, 0.6) is 0 Å². The number of nitrogens with one attached hydrogen (secondary N) is 2. The van der Waals surface area contributed by atoms with Crippen molar-refractivity contribution < 1.29 is 14.3 Å². The highest BCUT2D eigenvalue weighted by Crippen LogP contribution is 2.22. The highest BCUT2D eigenvalue weighted by atomic mass is 35.5. The minimum Gasteiger partial charge on any atom is -0.465 e. The van der Waals surface area contributed by atoms with E-state index in [-0.39, 0.29) is 11.5 Å². The summed E-state index contributed by atoms with van der Waals surface area (Å²) in [5, 5.41) is 6.38. The Morgan fingerprint density at radius 3 is 2.67 bits per heavy atom. The van der Waals surface area contributed by atoms with E-state index in [4.69, 9.17) is 11.6 Å². The average molecular weight is 313 g/mol.